The van der Waals surface area contributed by atoms with E-state index in [2.05, 4.69) is 20.3 Å². The van der Waals surface area contributed by atoms with Crippen LogP contribution < -0.4 is 10.1 Å². The summed E-state index contributed by atoms with van der Waals surface area (Å²) in [6.45, 7) is 6.24. The largest absolute Gasteiger partial charge is 0.461 e. The number of ether oxygens (including phenoxy) is 4. The number of carbonyl (C=O) groups excluding carboxylic acids is 1. The second kappa shape index (κ2) is 10.4. The summed E-state index contributed by atoms with van der Waals surface area (Å²) in [5.41, 5.74) is 0.375. The first-order valence-corrected chi connectivity index (χ1v) is 13.8. The molecule has 3 aromatic heterocycles. The van der Waals surface area contributed by atoms with Gasteiger partial charge in [0, 0.05) is 29.1 Å². The van der Waals surface area contributed by atoms with E-state index >= 15 is 8.78 Å². The van der Waals surface area contributed by atoms with Crippen LogP contribution in [0.4, 0.5) is 18.6 Å². The van der Waals surface area contributed by atoms with Crippen LogP contribution in [-0.4, -0.2) is 46.0 Å². The Labute approximate surface area is 237 Å². The Morgan fingerprint density at radius 3 is 2.78 bits per heavy atom. The van der Waals surface area contributed by atoms with Crippen LogP contribution in [0.1, 0.15) is 50.3 Å². The van der Waals surface area contributed by atoms with Gasteiger partial charge in [-0.05, 0) is 44.7 Å². The zero-order valence-corrected chi connectivity index (χ0v) is 23.3. The summed E-state index contributed by atoms with van der Waals surface area (Å²) in [6, 6.07) is 2.02. The van der Waals surface area contributed by atoms with Gasteiger partial charge in [-0.2, -0.15) is 10.2 Å². The number of nitrogens with one attached hydrogen (secondary N) is 1. The fraction of sp³-hybridized carbons (Fsp3) is 0.393. The molecule has 1 amide bonds. The minimum absolute atomic E-state index is 0.00831. The molecule has 41 heavy (non-hydrogen) atoms. The second-order valence-electron chi connectivity index (χ2n) is 10.7. The van der Waals surface area contributed by atoms with E-state index in [0.29, 0.717) is 23.1 Å². The number of carbonyl (C=O) groups is 1. The van der Waals surface area contributed by atoms with Crippen molar-refractivity contribution in [1.29, 1.82) is 5.26 Å². The van der Waals surface area contributed by atoms with Gasteiger partial charge in [0.15, 0.2) is 11.6 Å². The maximum Gasteiger partial charge on any atom is 0.412 e. The number of halogens is 2. The number of rotatable bonds is 5. The van der Waals surface area contributed by atoms with Crippen LogP contribution in [0.25, 0.3) is 32.2 Å². The van der Waals surface area contributed by atoms with Crippen molar-refractivity contribution in [2.24, 2.45) is 0 Å². The van der Waals surface area contributed by atoms with Crippen LogP contribution in [0.2, 0.25) is 0 Å². The summed E-state index contributed by atoms with van der Waals surface area (Å²) in [5.74, 6) is -1.45. The quantitative estimate of drug-likeness (QED) is 0.302. The number of hydrogen-bond acceptors (Lipinski definition) is 10. The predicted octanol–water partition coefficient (Wildman–Crippen LogP) is 5.99. The molecule has 1 aromatic carbocycles. The molecule has 13 heteroatoms. The number of nitrogens with zero attached hydrogens (tertiary/aromatic N) is 4. The average Bonchev–Trinajstić information content (AvgIpc) is 3.68. The Kier molecular flexibility index (Phi) is 6.93. The number of hydrogen-bond donors (Lipinski definition) is 1. The lowest BCUT2D eigenvalue weighted by Crippen LogP contribution is -2.27. The third-order valence-corrected chi connectivity index (χ3v) is 7.85. The number of thiophene rings is 1. The smallest absolute Gasteiger partial charge is 0.412 e. The molecule has 10 nitrogen and oxygen atoms in total. The molecule has 0 saturated carbocycles. The molecular formula is C28H25F2N5O5S. The van der Waals surface area contributed by atoms with Gasteiger partial charge in [0.2, 0.25) is 0 Å². The molecule has 4 aromatic rings. The van der Waals surface area contributed by atoms with E-state index in [1.165, 1.54) is 6.20 Å². The van der Waals surface area contributed by atoms with Gasteiger partial charge in [-0.3, -0.25) is 10.3 Å². The van der Waals surface area contributed by atoms with Crippen LogP contribution in [0.3, 0.4) is 0 Å². The SMILES string of the molecule is CC(C)(C)OC(=O)Nc1sc2c(F)cnc(-c3c4c(c5cnc(OC[C@@H]6CCCO6)nc5c3F)COC4)c2c1C#N. The van der Waals surface area contributed by atoms with Gasteiger partial charge in [0.25, 0.3) is 0 Å². The molecular weight excluding hydrogens is 556 g/mol. The molecule has 212 valence electrons. The minimum Gasteiger partial charge on any atom is -0.461 e. The maximum atomic E-state index is 16.5. The zero-order chi connectivity index (χ0) is 28.9. The fourth-order valence-electron chi connectivity index (χ4n) is 5.01. The molecule has 1 fully saturated rings. The summed E-state index contributed by atoms with van der Waals surface area (Å²) >= 11 is 0.841. The number of aromatic nitrogens is 3. The van der Waals surface area contributed by atoms with Gasteiger partial charge in [-0.1, -0.05) is 0 Å². The average molecular weight is 582 g/mol. The van der Waals surface area contributed by atoms with Gasteiger partial charge in [-0.15, -0.1) is 11.3 Å². The lowest BCUT2D eigenvalue weighted by atomic mass is 9.94. The van der Waals surface area contributed by atoms with Crippen LogP contribution in [-0.2, 0) is 27.4 Å². The van der Waals surface area contributed by atoms with Crippen molar-refractivity contribution in [3.8, 4) is 23.3 Å². The summed E-state index contributed by atoms with van der Waals surface area (Å²) in [7, 11) is 0. The highest BCUT2D eigenvalue weighted by molar-refractivity contribution is 7.23. The van der Waals surface area contributed by atoms with Gasteiger partial charge >= 0.3 is 12.1 Å². The number of nitriles is 1. The van der Waals surface area contributed by atoms with Crippen molar-refractivity contribution in [3.05, 3.63) is 40.7 Å². The highest BCUT2D eigenvalue weighted by Gasteiger charge is 2.31. The second-order valence-corrected chi connectivity index (χ2v) is 11.7. The monoisotopic (exact) mass is 581 g/mol. The standard InChI is InChI=1S/C28H25F2N5O5S/c1-28(2,3)40-27(36)35-25-14(7-31)20-23(32-9-18(29)24(20)41-25)19-17-12-37-11-16(17)15-8-33-26(34-22(15)21(19)30)39-10-13-5-4-6-38-13/h8-9,13H,4-6,10-12H2,1-3H3,(H,35,36)/t13-/m0/s1. The molecule has 2 aliphatic heterocycles. The predicted molar refractivity (Wildman–Crippen MR) is 146 cm³/mol. The van der Waals surface area contributed by atoms with E-state index in [9.17, 15) is 10.1 Å². The summed E-state index contributed by atoms with van der Waals surface area (Å²) in [5, 5.41) is 13.2. The van der Waals surface area contributed by atoms with Crippen molar-refractivity contribution >= 4 is 43.4 Å². The zero-order valence-electron chi connectivity index (χ0n) is 22.5. The Balaban J connectivity index is 1.50. The van der Waals surface area contributed by atoms with Gasteiger partial charge in [0.1, 0.15) is 28.8 Å². The van der Waals surface area contributed by atoms with Gasteiger partial charge in [-0.25, -0.2) is 18.6 Å². The molecule has 1 atom stereocenters. The Morgan fingerprint density at radius 2 is 2.05 bits per heavy atom. The number of amides is 1. The molecule has 0 aliphatic carbocycles. The summed E-state index contributed by atoms with van der Waals surface area (Å²) in [4.78, 5) is 25.3. The molecule has 1 N–H and O–H groups in total. The van der Waals surface area contributed by atoms with Crippen molar-refractivity contribution in [1.82, 2.24) is 15.0 Å². The molecule has 0 bridgehead atoms. The Morgan fingerprint density at radius 1 is 1.24 bits per heavy atom. The van der Waals surface area contributed by atoms with Gasteiger partial charge < -0.3 is 18.9 Å². The first kappa shape index (κ1) is 27.2. The van der Waals surface area contributed by atoms with Crippen molar-refractivity contribution < 1.29 is 32.5 Å². The van der Waals surface area contributed by atoms with Crippen LogP contribution in [0, 0.1) is 23.0 Å². The summed E-state index contributed by atoms with van der Waals surface area (Å²) in [6.07, 6.45) is 3.37. The molecule has 0 radical (unpaired) electrons. The van der Waals surface area contributed by atoms with E-state index < -0.39 is 23.3 Å². The highest BCUT2D eigenvalue weighted by atomic mass is 32.1. The molecule has 1 saturated heterocycles. The third kappa shape index (κ3) is 5.03. The molecule has 6 rings (SSSR count). The van der Waals surface area contributed by atoms with E-state index in [0.717, 1.165) is 30.4 Å². The molecule has 0 spiro atoms. The lowest BCUT2D eigenvalue weighted by Gasteiger charge is -2.19. The van der Waals surface area contributed by atoms with E-state index in [4.69, 9.17) is 18.9 Å². The van der Waals surface area contributed by atoms with Crippen LogP contribution in [0.5, 0.6) is 6.01 Å². The lowest BCUT2D eigenvalue weighted by molar-refractivity contribution is 0.0636. The van der Waals surface area contributed by atoms with E-state index in [-0.39, 0.29) is 69.4 Å². The van der Waals surface area contributed by atoms with E-state index in [1.807, 2.05) is 6.07 Å². The first-order valence-electron chi connectivity index (χ1n) is 13.0. The fourth-order valence-corrected chi connectivity index (χ4v) is 6.05. The number of pyridine rings is 1. The summed E-state index contributed by atoms with van der Waals surface area (Å²) < 4.78 is 53.8. The van der Waals surface area contributed by atoms with Crippen molar-refractivity contribution in [2.45, 2.75) is 58.5 Å². The normalized spacial score (nSPS) is 16.6. The Bertz CT molecular complexity index is 1740. The van der Waals surface area contributed by atoms with Crippen LogP contribution >= 0.6 is 11.3 Å². The maximum absolute atomic E-state index is 16.5. The number of anilines is 1. The van der Waals surface area contributed by atoms with E-state index in [1.54, 1.807) is 20.8 Å². The first-order chi connectivity index (χ1) is 19.6. The third-order valence-electron chi connectivity index (χ3n) is 6.73. The number of benzene rings is 1. The van der Waals surface area contributed by atoms with Crippen LogP contribution in [0.15, 0.2) is 12.4 Å². The van der Waals surface area contributed by atoms with Crippen molar-refractivity contribution in [2.75, 3.05) is 18.5 Å². The topological polar surface area (TPSA) is 128 Å². The number of fused-ring (bicyclic) bond motifs is 4. The molecule has 5 heterocycles. The highest BCUT2D eigenvalue weighted by Crippen LogP contribution is 2.45. The van der Waals surface area contributed by atoms with Crippen molar-refractivity contribution in [3.63, 3.8) is 0 Å². The minimum atomic E-state index is -0.811. The molecule has 0 unspecified atom stereocenters. The molecule has 2 aliphatic rings. The Hall–Kier alpha value is -3.99. The van der Waals surface area contributed by atoms with Gasteiger partial charge in [0.05, 0.1) is 41.5 Å².